The second kappa shape index (κ2) is 12.4. The number of aromatic nitrogens is 1. The first kappa shape index (κ1) is 26.4. The van der Waals surface area contributed by atoms with Crippen LogP contribution in [0.2, 0.25) is 0 Å². The van der Waals surface area contributed by atoms with Gasteiger partial charge in [-0.05, 0) is 68.0 Å². The van der Waals surface area contributed by atoms with E-state index >= 15 is 0 Å². The lowest BCUT2D eigenvalue weighted by Crippen LogP contribution is -2.37. The second-order valence-corrected chi connectivity index (χ2v) is 9.97. The van der Waals surface area contributed by atoms with Gasteiger partial charge in [-0.1, -0.05) is 12.1 Å². The molecule has 0 unspecified atom stereocenters. The molecule has 1 saturated heterocycles. The van der Waals surface area contributed by atoms with Crippen LogP contribution in [0.4, 0.5) is 5.82 Å². The predicted molar refractivity (Wildman–Crippen MR) is 142 cm³/mol. The number of hydrogen-bond acceptors (Lipinski definition) is 5. The Kier molecular flexibility index (Phi) is 10.2. The number of aliphatic imine (C=N–C) groups is 1. The number of pyridine rings is 1. The summed E-state index contributed by atoms with van der Waals surface area (Å²) in [6, 6.07) is 9.54. The number of hydrogen-bond donors (Lipinski definition) is 2. The molecule has 2 heterocycles. The summed E-state index contributed by atoms with van der Waals surface area (Å²) in [5.74, 6) is 1.77. The third-order valence-corrected chi connectivity index (χ3v) is 6.61. The highest BCUT2D eigenvalue weighted by Crippen LogP contribution is 2.19. The maximum atomic E-state index is 11.8. The zero-order valence-electron chi connectivity index (χ0n) is 19.1. The minimum absolute atomic E-state index is 0. The molecule has 2 aromatic rings. The van der Waals surface area contributed by atoms with Crippen molar-refractivity contribution in [3.8, 4) is 0 Å². The monoisotopic (exact) mass is 571 g/mol. The van der Waals surface area contributed by atoms with Crippen LogP contribution in [0.15, 0.2) is 46.4 Å². The number of rotatable bonds is 7. The van der Waals surface area contributed by atoms with Gasteiger partial charge in [0.1, 0.15) is 5.82 Å². The molecule has 0 amide bonds. The normalized spacial score (nSPS) is 14.6. The van der Waals surface area contributed by atoms with Crippen molar-refractivity contribution in [2.75, 3.05) is 30.8 Å². The Labute approximate surface area is 209 Å². The van der Waals surface area contributed by atoms with Crippen LogP contribution in [0.25, 0.3) is 0 Å². The van der Waals surface area contributed by atoms with Gasteiger partial charge in [-0.3, -0.25) is 0 Å². The average molecular weight is 572 g/mol. The Morgan fingerprint density at radius 3 is 2.50 bits per heavy atom. The summed E-state index contributed by atoms with van der Waals surface area (Å²) in [5, 5.41) is 6.65. The number of nitrogens with zero attached hydrogens (tertiary/aromatic N) is 3. The summed E-state index contributed by atoms with van der Waals surface area (Å²) >= 11 is 0. The molecule has 0 bridgehead atoms. The van der Waals surface area contributed by atoms with Crippen molar-refractivity contribution in [1.29, 1.82) is 0 Å². The standard InChI is InChI=1S/C23H33N5O2S.HI/c1-4-24-23(26-16-19-8-9-21(18(2)14-19)31(3,29)30)27-17-20-10-11-25-22(15-20)28-12-6-5-7-13-28;/h8-11,14-15H,4-7,12-13,16-17H2,1-3H3,(H2,24,26,27);1H. The van der Waals surface area contributed by atoms with E-state index in [4.69, 9.17) is 0 Å². The third kappa shape index (κ3) is 7.61. The van der Waals surface area contributed by atoms with Gasteiger partial charge in [-0.2, -0.15) is 0 Å². The summed E-state index contributed by atoms with van der Waals surface area (Å²) in [6.07, 6.45) is 6.86. The van der Waals surface area contributed by atoms with E-state index in [2.05, 4.69) is 31.6 Å². The Balaban J connectivity index is 0.00000363. The van der Waals surface area contributed by atoms with Crippen molar-refractivity contribution in [3.63, 3.8) is 0 Å². The SMILES string of the molecule is CCNC(=NCc1ccc(S(C)(=O)=O)c(C)c1)NCc1ccnc(N2CCCCC2)c1.I. The maximum Gasteiger partial charge on any atom is 0.191 e. The highest BCUT2D eigenvalue weighted by atomic mass is 127. The van der Waals surface area contributed by atoms with Crippen molar-refractivity contribution in [1.82, 2.24) is 15.6 Å². The van der Waals surface area contributed by atoms with E-state index in [9.17, 15) is 8.42 Å². The number of nitrogens with one attached hydrogen (secondary N) is 2. The topological polar surface area (TPSA) is 86.7 Å². The summed E-state index contributed by atoms with van der Waals surface area (Å²) in [6.45, 7) is 7.88. The van der Waals surface area contributed by atoms with E-state index in [1.807, 2.05) is 38.2 Å². The van der Waals surface area contributed by atoms with Crippen LogP contribution in [-0.2, 0) is 22.9 Å². The van der Waals surface area contributed by atoms with Crippen molar-refractivity contribution < 1.29 is 8.42 Å². The van der Waals surface area contributed by atoms with E-state index in [0.29, 0.717) is 18.0 Å². The number of halogens is 1. The quantitative estimate of drug-likeness (QED) is 0.300. The lowest BCUT2D eigenvalue weighted by molar-refractivity contribution is 0.573. The van der Waals surface area contributed by atoms with Gasteiger partial charge in [0, 0.05) is 38.6 Å². The Morgan fingerprint density at radius 1 is 1.09 bits per heavy atom. The molecular weight excluding hydrogens is 537 g/mol. The minimum atomic E-state index is -3.21. The molecule has 1 aromatic carbocycles. The molecule has 1 aromatic heterocycles. The van der Waals surface area contributed by atoms with Gasteiger partial charge in [0.15, 0.2) is 15.8 Å². The van der Waals surface area contributed by atoms with Crippen molar-refractivity contribution in [3.05, 3.63) is 53.2 Å². The Morgan fingerprint density at radius 2 is 1.84 bits per heavy atom. The van der Waals surface area contributed by atoms with Crippen LogP contribution >= 0.6 is 24.0 Å². The van der Waals surface area contributed by atoms with E-state index in [1.165, 1.54) is 25.5 Å². The first-order chi connectivity index (χ1) is 14.9. The summed E-state index contributed by atoms with van der Waals surface area (Å²) in [7, 11) is -3.21. The minimum Gasteiger partial charge on any atom is -0.357 e. The molecule has 0 radical (unpaired) electrons. The van der Waals surface area contributed by atoms with Crippen LogP contribution in [0.3, 0.4) is 0 Å². The van der Waals surface area contributed by atoms with Crippen LogP contribution in [0.5, 0.6) is 0 Å². The molecule has 32 heavy (non-hydrogen) atoms. The van der Waals surface area contributed by atoms with Crippen LogP contribution in [0.1, 0.15) is 42.9 Å². The van der Waals surface area contributed by atoms with Crippen LogP contribution in [0, 0.1) is 6.92 Å². The number of aryl methyl sites for hydroxylation is 1. The highest BCUT2D eigenvalue weighted by Gasteiger charge is 2.13. The molecular formula is C23H34IN5O2S. The van der Waals surface area contributed by atoms with Gasteiger partial charge in [0.05, 0.1) is 11.4 Å². The van der Waals surface area contributed by atoms with Crippen molar-refractivity contribution in [2.45, 2.75) is 51.1 Å². The van der Waals surface area contributed by atoms with Gasteiger partial charge in [0.2, 0.25) is 0 Å². The van der Waals surface area contributed by atoms with Gasteiger partial charge in [-0.15, -0.1) is 24.0 Å². The highest BCUT2D eigenvalue weighted by molar-refractivity contribution is 14.0. The molecule has 0 aliphatic carbocycles. The maximum absolute atomic E-state index is 11.8. The number of benzene rings is 1. The van der Waals surface area contributed by atoms with Gasteiger partial charge in [0.25, 0.3) is 0 Å². The molecule has 176 valence electrons. The first-order valence-electron chi connectivity index (χ1n) is 10.9. The molecule has 0 spiro atoms. The zero-order chi connectivity index (χ0) is 22.3. The van der Waals surface area contributed by atoms with Crippen molar-refractivity contribution in [2.24, 2.45) is 4.99 Å². The van der Waals surface area contributed by atoms with Crippen LogP contribution in [-0.4, -0.2) is 45.3 Å². The summed E-state index contributed by atoms with van der Waals surface area (Å²) in [5.41, 5.74) is 2.88. The zero-order valence-corrected chi connectivity index (χ0v) is 22.2. The smallest absolute Gasteiger partial charge is 0.191 e. The lowest BCUT2D eigenvalue weighted by Gasteiger charge is -2.28. The van der Waals surface area contributed by atoms with E-state index < -0.39 is 9.84 Å². The Hall–Kier alpha value is -1.88. The van der Waals surface area contributed by atoms with Gasteiger partial charge < -0.3 is 15.5 Å². The number of sulfone groups is 1. The largest absolute Gasteiger partial charge is 0.357 e. The molecule has 9 heteroatoms. The van der Waals surface area contributed by atoms with Gasteiger partial charge >= 0.3 is 0 Å². The Bertz CT molecular complexity index is 1020. The molecule has 1 fully saturated rings. The predicted octanol–water partition coefficient (Wildman–Crippen LogP) is 3.66. The number of guanidine groups is 1. The van der Waals surface area contributed by atoms with Crippen LogP contribution < -0.4 is 15.5 Å². The fraction of sp³-hybridized carbons (Fsp3) is 0.478. The lowest BCUT2D eigenvalue weighted by atomic mass is 10.1. The van der Waals surface area contributed by atoms with E-state index in [0.717, 1.165) is 48.1 Å². The molecule has 0 atom stereocenters. The van der Waals surface area contributed by atoms with Gasteiger partial charge in [-0.25, -0.2) is 18.4 Å². The first-order valence-corrected chi connectivity index (χ1v) is 12.8. The summed E-state index contributed by atoms with van der Waals surface area (Å²) in [4.78, 5) is 11.9. The molecule has 1 aliphatic heterocycles. The van der Waals surface area contributed by atoms with Crippen molar-refractivity contribution >= 4 is 45.6 Å². The second-order valence-electron chi connectivity index (χ2n) is 7.99. The van der Waals surface area contributed by atoms with E-state index in [1.54, 1.807) is 6.07 Å². The molecule has 0 saturated carbocycles. The molecule has 2 N–H and O–H groups in total. The van der Waals surface area contributed by atoms with E-state index in [-0.39, 0.29) is 24.0 Å². The third-order valence-electron chi connectivity index (χ3n) is 5.35. The average Bonchev–Trinajstić information content (AvgIpc) is 2.75. The number of piperidine rings is 1. The molecule has 1 aliphatic rings. The number of anilines is 1. The molecule has 3 rings (SSSR count). The fourth-order valence-corrected chi connectivity index (χ4v) is 4.75. The fourth-order valence-electron chi connectivity index (χ4n) is 3.79. The molecule has 7 nitrogen and oxygen atoms in total. The summed E-state index contributed by atoms with van der Waals surface area (Å²) < 4.78 is 23.6.